The second kappa shape index (κ2) is 13.7. The van der Waals surface area contributed by atoms with Crippen molar-refractivity contribution in [3.05, 3.63) is 22.8 Å². The van der Waals surface area contributed by atoms with Crippen molar-refractivity contribution in [2.75, 3.05) is 45.5 Å². The number of thioether (sulfide) groups is 1. The van der Waals surface area contributed by atoms with Crippen LogP contribution in [0, 0.1) is 5.92 Å². The SMILES string of the molecule is CN1CCCN(CCC[S+]([O-])C2CCC3=C(C2)SC(NC(=O)NC(=O)C2CC(I)C=CC2Cl)N3)CC1. The molecule has 2 aliphatic heterocycles. The Hall–Kier alpha value is -0.180. The largest absolute Gasteiger partial charge is 0.616 e. The molecule has 2 aliphatic carbocycles. The predicted octanol–water partition coefficient (Wildman–Crippen LogP) is 2.96. The number of nitrogens with zero attached hydrogens (tertiary/aromatic N) is 2. The van der Waals surface area contributed by atoms with Gasteiger partial charge in [0.25, 0.3) is 0 Å². The Labute approximate surface area is 240 Å². The lowest BCUT2D eigenvalue weighted by Crippen LogP contribution is -2.50. The molecule has 4 rings (SSSR count). The number of likely N-dealkylation sites (N-methyl/N-ethyl adjacent to an activating group) is 1. The van der Waals surface area contributed by atoms with Gasteiger partial charge < -0.3 is 25.0 Å². The number of amides is 3. The topological polar surface area (TPSA) is 99.8 Å². The first-order valence-electron chi connectivity index (χ1n) is 12.8. The molecule has 0 aromatic carbocycles. The van der Waals surface area contributed by atoms with E-state index in [0.717, 1.165) is 69.9 Å². The monoisotopic (exact) mass is 669 g/mol. The zero-order chi connectivity index (χ0) is 25.7. The summed E-state index contributed by atoms with van der Waals surface area (Å²) in [7, 11) is 2.18. The van der Waals surface area contributed by atoms with Crippen molar-refractivity contribution in [3.63, 3.8) is 0 Å². The van der Waals surface area contributed by atoms with Crippen molar-refractivity contribution >= 4 is 69.1 Å². The molecule has 3 amide bonds. The highest BCUT2D eigenvalue weighted by molar-refractivity contribution is 14.1. The van der Waals surface area contributed by atoms with Gasteiger partial charge in [-0.05, 0) is 39.4 Å². The molecule has 0 saturated carbocycles. The van der Waals surface area contributed by atoms with Gasteiger partial charge in [0.05, 0.1) is 11.3 Å². The number of hydrogen-bond donors (Lipinski definition) is 3. The fourth-order valence-electron chi connectivity index (χ4n) is 5.11. The maximum atomic E-state index is 13.0. The summed E-state index contributed by atoms with van der Waals surface area (Å²) in [6.07, 6.45) is 9.13. The number of carbonyl (C=O) groups is 2. The summed E-state index contributed by atoms with van der Waals surface area (Å²) in [5, 5.41) is 8.43. The van der Waals surface area contributed by atoms with E-state index in [-0.39, 0.29) is 20.6 Å². The lowest BCUT2D eigenvalue weighted by atomic mass is 9.93. The molecule has 0 bridgehead atoms. The molecule has 6 unspecified atom stereocenters. The highest BCUT2D eigenvalue weighted by atomic mass is 127. The Morgan fingerprint density at radius 2 is 2.14 bits per heavy atom. The smallest absolute Gasteiger partial charge is 0.323 e. The molecule has 4 aliphatic rings. The van der Waals surface area contributed by atoms with E-state index in [9.17, 15) is 14.1 Å². The molecule has 36 heavy (non-hydrogen) atoms. The van der Waals surface area contributed by atoms with E-state index in [2.05, 4.69) is 55.4 Å². The molecule has 1 saturated heterocycles. The Balaban J connectivity index is 1.16. The second-order valence-corrected chi connectivity index (χ2v) is 15.1. The van der Waals surface area contributed by atoms with E-state index in [4.69, 9.17) is 11.6 Å². The molecule has 3 N–H and O–H groups in total. The fraction of sp³-hybridized carbons (Fsp3) is 0.750. The highest BCUT2D eigenvalue weighted by Crippen LogP contribution is 2.40. The summed E-state index contributed by atoms with van der Waals surface area (Å²) in [6, 6.07) is -0.520. The third kappa shape index (κ3) is 8.16. The highest BCUT2D eigenvalue weighted by Gasteiger charge is 2.36. The first kappa shape index (κ1) is 28.8. The summed E-state index contributed by atoms with van der Waals surface area (Å²) in [4.78, 5) is 31.1. The molecule has 0 aromatic heterocycles. The molecular formula is C24H37ClIN5O3S2. The summed E-state index contributed by atoms with van der Waals surface area (Å²) in [5.74, 6) is -0.0157. The molecule has 2 heterocycles. The minimum atomic E-state index is -0.846. The van der Waals surface area contributed by atoms with Crippen molar-refractivity contribution in [3.8, 4) is 0 Å². The van der Waals surface area contributed by atoms with Gasteiger partial charge in [-0.25, -0.2) is 4.79 Å². The van der Waals surface area contributed by atoms with Crippen LogP contribution in [0.5, 0.6) is 0 Å². The van der Waals surface area contributed by atoms with Crippen molar-refractivity contribution in [2.45, 2.75) is 58.6 Å². The van der Waals surface area contributed by atoms with E-state index < -0.39 is 28.5 Å². The van der Waals surface area contributed by atoms with Crippen LogP contribution in [-0.4, -0.2) is 91.9 Å². The number of allylic oxidation sites excluding steroid dienone is 4. The van der Waals surface area contributed by atoms with E-state index in [1.807, 2.05) is 12.2 Å². The van der Waals surface area contributed by atoms with Crippen LogP contribution >= 0.6 is 46.0 Å². The average Bonchev–Trinajstić information content (AvgIpc) is 3.12. The molecule has 1 fully saturated rings. The van der Waals surface area contributed by atoms with E-state index in [1.54, 1.807) is 11.8 Å². The van der Waals surface area contributed by atoms with E-state index in [1.165, 1.54) is 11.3 Å². The van der Waals surface area contributed by atoms with Crippen LogP contribution in [-0.2, 0) is 16.0 Å². The normalized spacial score (nSPS) is 32.4. The number of hydrogen-bond acceptors (Lipinski definition) is 7. The Morgan fingerprint density at radius 3 is 2.97 bits per heavy atom. The van der Waals surface area contributed by atoms with Gasteiger partial charge in [-0.15, -0.1) is 11.6 Å². The Bertz CT molecular complexity index is 866. The van der Waals surface area contributed by atoms with E-state index in [0.29, 0.717) is 6.42 Å². The quantitative estimate of drug-likeness (QED) is 0.166. The minimum Gasteiger partial charge on any atom is -0.616 e. The number of alkyl halides is 2. The predicted molar refractivity (Wildman–Crippen MR) is 157 cm³/mol. The molecule has 12 heteroatoms. The first-order valence-corrected chi connectivity index (χ1v) is 16.7. The molecule has 0 radical (unpaired) electrons. The summed E-state index contributed by atoms with van der Waals surface area (Å²) < 4.78 is 13.3. The van der Waals surface area contributed by atoms with Crippen LogP contribution in [0.3, 0.4) is 0 Å². The van der Waals surface area contributed by atoms with Gasteiger partial charge in [0.2, 0.25) is 5.91 Å². The van der Waals surface area contributed by atoms with Gasteiger partial charge in [-0.2, -0.15) is 0 Å². The van der Waals surface area contributed by atoms with Crippen molar-refractivity contribution in [1.82, 2.24) is 25.8 Å². The number of urea groups is 1. The van der Waals surface area contributed by atoms with Crippen LogP contribution in [0.25, 0.3) is 0 Å². The maximum absolute atomic E-state index is 13.0. The van der Waals surface area contributed by atoms with Crippen LogP contribution in [0.1, 0.15) is 38.5 Å². The summed E-state index contributed by atoms with van der Waals surface area (Å²) in [5.41, 5.74) is 0.802. The van der Waals surface area contributed by atoms with Gasteiger partial charge in [-0.3, -0.25) is 10.1 Å². The summed E-state index contributed by atoms with van der Waals surface area (Å²) >= 11 is 9.24. The number of halogens is 2. The Kier molecular flexibility index (Phi) is 11.0. The summed E-state index contributed by atoms with van der Waals surface area (Å²) in [6.45, 7) is 5.53. The maximum Gasteiger partial charge on any atom is 0.323 e. The van der Waals surface area contributed by atoms with Crippen LogP contribution in [0.15, 0.2) is 22.8 Å². The van der Waals surface area contributed by atoms with E-state index >= 15 is 0 Å². The average molecular weight is 670 g/mol. The zero-order valence-electron chi connectivity index (χ0n) is 20.7. The lowest BCUT2D eigenvalue weighted by Gasteiger charge is -2.27. The molecular weight excluding hydrogens is 633 g/mol. The van der Waals surface area contributed by atoms with Crippen molar-refractivity contribution < 1.29 is 14.1 Å². The minimum absolute atomic E-state index is 0.170. The Morgan fingerprint density at radius 1 is 1.31 bits per heavy atom. The van der Waals surface area contributed by atoms with Crippen molar-refractivity contribution in [1.29, 1.82) is 0 Å². The molecule has 8 nitrogen and oxygen atoms in total. The van der Waals surface area contributed by atoms with Gasteiger partial charge >= 0.3 is 6.03 Å². The van der Waals surface area contributed by atoms with Gasteiger partial charge in [-0.1, -0.05) is 57.7 Å². The number of imide groups is 1. The number of carbonyl (C=O) groups excluding carboxylic acids is 2. The second-order valence-electron chi connectivity index (χ2n) is 10.00. The molecule has 6 atom stereocenters. The third-order valence-electron chi connectivity index (χ3n) is 7.24. The number of nitrogens with one attached hydrogen (secondary N) is 3. The lowest BCUT2D eigenvalue weighted by molar-refractivity contribution is -0.123. The van der Waals surface area contributed by atoms with Crippen LogP contribution in [0.4, 0.5) is 4.79 Å². The fourth-order valence-corrected chi connectivity index (χ4v) is 9.04. The third-order valence-corrected chi connectivity index (χ3v) is 11.6. The first-order chi connectivity index (χ1) is 17.3. The van der Waals surface area contributed by atoms with Gasteiger partial charge in [0.15, 0.2) is 5.50 Å². The van der Waals surface area contributed by atoms with Gasteiger partial charge in [0, 0.05) is 53.4 Å². The molecule has 0 aromatic rings. The molecule has 0 spiro atoms. The van der Waals surface area contributed by atoms with Crippen molar-refractivity contribution in [2.24, 2.45) is 5.92 Å². The zero-order valence-corrected chi connectivity index (χ0v) is 25.3. The standard InChI is InChI=1S/C24H37ClIN5O3S2/c1-30-8-2-9-31(12-11-30)10-3-13-36(34)17-5-7-20-21(15-17)35-24(27-20)29-23(33)28-22(32)18-14-16(26)4-6-19(18)25/h4,6,16-19,24,27H,2-3,5,7-15H2,1H3,(H2,28,29,32,33). The van der Waals surface area contributed by atoms with Crippen LogP contribution in [0.2, 0.25) is 0 Å². The van der Waals surface area contributed by atoms with Crippen LogP contribution < -0.4 is 16.0 Å². The number of rotatable bonds is 7. The van der Waals surface area contributed by atoms with Gasteiger partial charge in [0.1, 0.15) is 11.0 Å². The molecule has 202 valence electrons.